The molecule has 0 saturated carbocycles. The Kier molecular flexibility index (Phi) is 7.54. The van der Waals surface area contributed by atoms with Crippen LogP contribution in [-0.4, -0.2) is 40.3 Å². The molecular formula is C12H26O5Si2. The molecule has 0 radical (unpaired) electrons. The van der Waals surface area contributed by atoms with Crippen LogP contribution < -0.4 is 0 Å². The molecule has 7 heteroatoms. The highest BCUT2D eigenvalue weighted by Gasteiger charge is 2.29. The summed E-state index contributed by atoms with van der Waals surface area (Å²) in [7, 11) is -3.18. The molecule has 0 atom stereocenters. The van der Waals surface area contributed by atoms with Gasteiger partial charge in [-0.05, 0) is 45.2 Å². The van der Waals surface area contributed by atoms with Crippen LogP contribution in [0.4, 0.5) is 0 Å². The molecule has 19 heavy (non-hydrogen) atoms. The molecule has 0 saturated heterocycles. The van der Waals surface area contributed by atoms with Crippen LogP contribution in [0.5, 0.6) is 0 Å². The summed E-state index contributed by atoms with van der Waals surface area (Å²) in [5, 5.41) is 8.43. The van der Waals surface area contributed by atoms with Crippen molar-refractivity contribution in [2.45, 2.75) is 58.0 Å². The van der Waals surface area contributed by atoms with E-state index in [9.17, 15) is 9.59 Å². The summed E-state index contributed by atoms with van der Waals surface area (Å²) in [4.78, 5) is 21.5. The quantitative estimate of drug-likeness (QED) is 0.403. The second-order valence-corrected chi connectivity index (χ2v) is 15.3. The standard InChI is InChI=1S/C12H26O5Si2/c1-18(2,3)17-19(4,5)10-6-9-16-12(15)8-7-11(13)14/h6-10H2,1-5H3,(H,13,14). The molecule has 0 aliphatic carbocycles. The number of esters is 1. The predicted molar refractivity (Wildman–Crippen MR) is 79.2 cm³/mol. The van der Waals surface area contributed by atoms with Crippen LogP contribution >= 0.6 is 0 Å². The van der Waals surface area contributed by atoms with Gasteiger partial charge >= 0.3 is 11.9 Å². The average molecular weight is 307 g/mol. The highest BCUT2D eigenvalue weighted by molar-refractivity contribution is 6.84. The molecule has 5 nitrogen and oxygen atoms in total. The Morgan fingerprint density at radius 3 is 2.11 bits per heavy atom. The molecule has 0 aromatic heterocycles. The molecule has 0 fully saturated rings. The molecular weight excluding hydrogens is 280 g/mol. The number of hydrogen-bond acceptors (Lipinski definition) is 4. The summed E-state index contributed by atoms with van der Waals surface area (Å²) in [6, 6.07) is 0.948. The molecule has 0 unspecified atom stereocenters. The molecule has 0 aromatic rings. The van der Waals surface area contributed by atoms with Gasteiger partial charge in [0.15, 0.2) is 16.6 Å². The molecule has 0 aromatic carbocycles. The van der Waals surface area contributed by atoms with Crippen molar-refractivity contribution in [3.63, 3.8) is 0 Å². The second-order valence-electron chi connectivity index (χ2n) is 6.19. The Balaban J connectivity index is 3.79. The first-order valence-electron chi connectivity index (χ1n) is 6.59. The Hall–Kier alpha value is -0.666. The van der Waals surface area contributed by atoms with Crippen LogP contribution in [0.15, 0.2) is 0 Å². The predicted octanol–water partition coefficient (Wildman–Crippen LogP) is 2.84. The Labute approximate surface area is 117 Å². The number of hydrogen-bond donors (Lipinski definition) is 1. The monoisotopic (exact) mass is 306 g/mol. The molecule has 0 aliphatic rings. The van der Waals surface area contributed by atoms with Gasteiger partial charge in [0.25, 0.3) is 0 Å². The first-order valence-corrected chi connectivity index (χ1v) is 13.1. The lowest BCUT2D eigenvalue weighted by molar-refractivity contribution is -0.147. The first-order chi connectivity index (χ1) is 8.52. The van der Waals surface area contributed by atoms with E-state index >= 15 is 0 Å². The smallest absolute Gasteiger partial charge is 0.306 e. The summed E-state index contributed by atoms with van der Waals surface area (Å²) in [5.41, 5.74) is 0. The third kappa shape index (κ3) is 12.1. The maximum absolute atomic E-state index is 11.2. The van der Waals surface area contributed by atoms with Gasteiger partial charge in [0.2, 0.25) is 0 Å². The van der Waals surface area contributed by atoms with Crippen LogP contribution in [0.3, 0.4) is 0 Å². The highest BCUT2D eigenvalue weighted by Crippen LogP contribution is 2.19. The van der Waals surface area contributed by atoms with Crippen molar-refractivity contribution in [1.29, 1.82) is 0 Å². The largest absolute Gasteiger partial charge is 0.481 e. The molecule has 0 bridgehead atoms. The van der Waals surface area contributed by atoms with E-state index in [1.807, 2.05) is 0 Å². The minimum absolute atomic E-state index is 0.0540. The van der Waals surface area contributed by atoms with Gasteiger partial charge in [0.1, 0.15) is 0 Å². The lowest BCUT2D eigenvalue weighted by atomic mass is 10.3. The van der Waals surface area contributed by atoms with E-state index in [1.54, 1.807) is 0 Å². The number of carboxylic acid groups (broad SMARTS) is 1. The SMILES string of the molecule is C[Si](C)(C)O[Si](C)(C)CCCOC(=O)CCC(=O)O. The summed E-state index contributed by atoms with van der Waals surface area (Å²) in [5.74, 6) is -1.41. The maximum atomic E-state index is 11.2. The Morgan fingerprint density at radius 1 is 1.05 bits per heavy atom. The number of carbonyl (C=O) groups excluding carboxylic acids is 1. The van der Waals surface area contributed by atoms with Gasteiger partial charge in [0.05, 0.1) is 19.4 Å². The highest BCUT2D eigenvalue weighted by atomic mass is 28.4. The number of rotatable bonds is 9. The van der Waals surface area contributed by atoms with Gasteiger partial charge in [-0.25, -0.2) is 0 Å². The molecule has 0 amide bonds. The van der Waals surface area contributed by atoms with Crippen LogP contribution in [-0.2, 0) is 18.4 Å². The summed E-state index contributed by atoms with van der Waals surface area (Å²) in [6.07, 6.45) is 0.557. The Bertz CT molecular complexity index is 310. The average Bonchev–Trinajstić information content (AvgIpc) is 2.18. The number of aliphatic carboxylic acids is 1. The lowest BCUT2D eigenvalue weighted by Crippen LogP contribution is -2.42. The van der Waals surface area contributed by atoms with E-state index < -0.39 is 28.6 Å². The molecule has 1 N–H and O–H groups in total. The lowest BCUT2D eigenvalue weighted by Gasteiger charge is -2.31. The minimum atomic E-state index is -1.67. The first kappa shape index (κ1) is 18.3. The van der Waals surface area contributed by atoms with Gasteiger partial charge in [0, 0.05) is 0 Å². The fraction of sp³-hybridized carbons (Fsp3) is 0.833. The van der Waals surface area contributed by atoms with Gasteiger partial charge in [-0.2, -0.15) is 0 Å². The van der Waals surface area contributed by atoms with E-state index in [-0.39, 0.29) is 12.8 Å². The van der Waals surface area contributed by atoms with Crippen molar-refractivity contribution in [1.82, 2.24) is 0 Å². The van der Waals surface area contributed by atoms with Crippen LogP contribution in [0, 0.1) is 0 Å². The third-order valence-corrected chi connectivity index (χ3v) is 8.53. The summed E-state index contributed by atoms with van der Waals surface area (Å²) in [6.45, 7) is 11.2. The zero-order chi connectivity index (χ0) is 15.1. The van der Waals surface area contributed by atoms with E-state index in [2.05, 4.69) is 32.7 Å². The summed E-state index contributed by atoms with van der Waals surface area (Å²) >= 11 is 0. The zero-order valence-corrected chi connectivity index (χ0v) is 14.6. The van der Waals surface area contributed by atoms with E-state index in [0.717, 1.165) is 12.5 Å². The van der Waals surface area contributed by atoms with Crippen molar-refractivity contribution in [2.24, 2.45) is 0 Å². The number of ether oxygens (including phenoxy) is 1. The number of carbonyl (C=O) groups is 2. The van der Waals surface area contributed by atoms with E-state index in [0.29, 0.717) is 6.61 Å². The summed E-state index contributed by atoms with van der Waals surface area (Å²) < 4.78 is 11.2. The van der Waals surface area contributed by atoms with Crippen molar-refractivity contribution in [3.8, 4) is 0 Å². The topological polar surface area (TPSA) is 72.8 Å². The second kappa shape index (κ2) is 7.81. The van der Waals surface area contributed by atoms with Crippen molar-refractivity contribution < 1.29 is 23.5 Å². The van der Waals surface area contributed by atoms with Crippen LogP contribution in [0.2, 0.25) is 38.8 Å². The fourth-order valence-corrected chi connectivity index (χ4v) is 9.88. The molecule has 0 spiro atoms. The van der Waals surface area contributed by atoms with Crippen molar-refractivity contribution in [3.05, 3.63) is 0 Å². The molecule has 0 heterocycles. The third-order valence-electron chi connectivity index (χ3n) is 2.31. The van der Waals surface area contributed by atoms with Gasteiger partial charge in [-0.3, -0.25) is 9.59 Å². The van der Waals surface area contributed by atoms with E-state index in [1.165, 1.54) is 0 Å². The van der Waals surface area contributed by atoms with Crippen molar-refractivity contribution in [2.75, 3.05) is 6.61 Å². The van der Waals surface area contributed by atoms with Crippen molar-refractivity contribution >= 4 is 28.6 Å². The fourth-order valence-electron chi connectivity index (χ4n) is 1.84. The zero-order valence-electron chi connectivity index (χ0n) is 12.6. The van der Waals surface area contributed by atoms with Gasteiger partial charge in [-0.1, -0.05) is 0 Å². The molecule has 112 valence electrons. The normalized spacial score (nSPS) is 12.3. The molecule has 0 aliphatic heterocycles. The number of carboxylic acids is 1. The Morgan fingerprint density at radius 2 is 1.63 bits per heavy atom. The van der Waals surface area contributed by atoms with Crippen LogP contribution in [0.1, 0.15) is 19.3 Å². The maximum Gasteiger partial charge on any atom is 0.306 e. The van der Waals surface area contributed by atoms with E-state index in [4.69, 9.17) is 14.0 Å². The minimum Gasteiger partial charge on any atom is -0.481 e. The van der Waals surface area contributed by atoms with Crippen LogP contribution in [0.25, 0.3) is 0 Å². The van der Waals surface area contributed by atoms with Gasteiger partial charge < -0.3 is 14.0 Å². The molecule has 0 rings (SSSR count). The van der Waals surface area contributed by atoms with Gasteiger partial charge in [-0.15, -0.1) is 0 Å².